The van der Waals surface area contributed by atoms with E-state index in [1.807, 2.05) is 46.0 Å². The van der Waals surface area contributed by atoms with Crippen LogP contribution in [0, 0.1) is 0 Å². The maximum absolute atomic E-state index is 12.7. The van der Waals surface area contributed by atoms with E-state index in [2.05, 4.69) is 24.0 Å². The molecular weight excluding hydrogens is 250 g/mol. The molecule has 1 aliphatic heterocycles. The molecule has 110 valence electrons. The first-order valence-electron chi connectivity index (χ1n) is 7.27. The number of likely N-dealkylation sites (N-methyl/N-ethyl adjacent to an activating group) is 1. The molecule has 0 aromatic heterocycles. The van der Waals surface area contributed by atoms with Gasteiger partial charge in [0.1, 0.15) is 11.1 Å². The lowest BCUT2D eigenvalue weighted by Gasteiger charge is -2.52. The van der Waals surface area contributed by atoms with Crippen LogP contribution in [0.15, 0.2) is 30.3 Å². The van der Waals surface area contributed by atoms with E-state index in [9.17, 15) is 4.79 Å². The van der Waals surface area contributed by atoms with Crippen molar-refractivity contribution < 1.29 is 9.53 Å². The number of hydrogen-bond donors (Lipinski definition) is 0. The molecule has 3 heteroatoms. The Labute approximate surface area is 121 Å². The molecule has 1 saturated heterocycles. The fourth-order valence-electron chi connectivity index (χ4n) is 2.94. The first kappa shape index (κ1) is 15.0. The standard InChI is InChI=1S/C17H25NO2/c1-13(14-9-7-6-8-10-14)17(11-12-18(17)5)15(19)20-16(2,3)4/h6-10,13H,11-12H2,1-5H3. The average Bonchev–Trinajstić information content (AvgIpc) is 2.36. The highest BCUT2D eigenvalue weighted by Crippen LogP contribution is 2.43. The Balaban J connectivity index is 2.29. The molecule has 0 spiro atoms. The van der Waals surface area contributed by atoms with E-state index < -0.39 is 11.1 Å². The zero-order chi connectivity index (χ0) is 15.0. The summed E-state index contributed by atoms with van der Waals surface area (Å²) in [6.07, 6.45) is 0.856. The summed E-state index contributed by atoms with van der Waals surface area (Å²) in [4.78, 5) is 14.8. The van der Waals surface area contributed by atoms with Crippen LogP contribution in [0.5, 0.6) is 0 Å². The highest BCUT2D eigenvalue weighted by atomic mass is 16.6. The molecule has 1 aromatic rings. The lowest BCUT2D eigenvalue weighted by Crippen LogP contribution is -2.66. The SMILES string of the molecule is CC(c1ccccc1)C1(C(=O)OC(C)(C)C)CCN1C. The summed E-state index contributed by atoms with van der Waals surface area (Å²) in [7, 11) is 2.01. The second kappa shape index (κ2) is 5.21. The third-order valence-corrected chi connectivity index (χ3v) is 4.28. The van der Waals surface area contributed by atoms with Crippen LogP contribution in [0.25, 0.3) is 0 Å². The zero-order valence-electron chi connectivity index (χ0n) is 13.1. The molecule has 2 atom stereocenters. The average molecular weight is 275 g/mol. The summed E-state index contributed by atoms with van der Waals surface area (Å²) in [5.74, 6) is 0.0207. The molecule has 20 heavy (non-hydrogen) atoms. The predicted octanol–water partition coefficient (Wildman–Crippen LogP) is 3.21. The smallest absolute Gasteiger partial charge is 0.327 e. The molecule has 0 amide bonds. The van der Waals surface area contributed by atoms with Gasteiger partial charge in [-0.25, -0.2) is 4.79 Å². The first-order chi connectivity index (χ1) is 9.27. The van der Waals surface area contributed by atoms with Gasteiger partial charge in [0.05, 0.1) is 0 Å². The van der Waals surface area contributed by atoms with Crippen molar-refractivity contribution in [3.8, 4) is 0 Å². The summed E-state index contributed by atoms with van der Waals surface area (Å²) >= 11 is 0. The van der Waals surface area contributed by atoms with Crippen molar-refractivity contribution in [2.75, 3.05) is 13.6 Å². The molecule has 2 rings (SSSR count). The Hall–Kier alpha value is -1.35. The molecule has 0 bridgehead atoms. The largest absolute Gasteiger partial charge is 0.459 e. The summed E-state index contributed by atoms with van der Waals surface area (Å²) in [6.45, 7) is 8.82. The van der Waals surface area contributed by atoms with Crippen LogP contribution < -0.4 is 0 Å². The third-order valence-electron chi connectivity index (χ3n) is 4.28. The third kappa shape index (κ3) is 2.59. The van der Waals surface area contributed by atoms with Crippen LogP contribution in [0.2, 0.25) is 0 Å². The molecule has 0 radical (unpaired) electrons. The molecule has 2 unspecified atom stereocenters. The number of carbonyl (C=O) groups excluding carboxylic acids is 1. The van der Waals surface area contributed by atoms with Gasteiger partial charge >= 0.3 is 5.97 Å². The van der Waals surface area contributed by atoms with Crippen LogP contribution in [-0.2, 0) is 9.53 Å². The van der Waals surface area contributed by atoms with Gasteiger partial charge in [0.25, 0.3) is 0 Å². The molecule has 3 nitrogen and oxygen atoms in total. The zero-order valence-corrected chi connectivity index (χ0v) is 13.1. The molecule has 0 aliphatic carbocycles. The second-order valence-corrected chi connectivity index (χ2v) is 6.73. The molecule has 0 N–H and O–H groups in total. The van der Waals surface area contributed by atoms with E-state index in [1.165, 1.54) is 5.56 Å². The van der Waals surface area contributed by atoms with Crippen molar-refractivity contribution in [1.82, 2.24) is 4.90 Å². The van der Waals surface area contributed by atoms with Gasteiger partial charge in [-0.1, -0.05) is 37.3 Å². The van der Waals surface area contributed by atoms with E-state index in [-0.39, 0.29) is 11.9 Å². The Morgan fingerprint density at radius 3 is 2.30 bits per heavy atom. The van der Waals surface area contributed by atoms with Crippen molar-refractivity contribution >= 4 is 5.97 Å². The predicted molar refractivity (Wildman–Crippen MR) is 80.7 cm³/mol. The van der Waals surface area contributed by atoms with E-state index in [4.69, 9.17) is 4.74 Å². The highest BCUT2D eigenvalue weighted by Gasteiger charge is 2.55. The van der Waals surface area contributed by atoms with E-state index in [0.29, 0.717) is 0 Å². The number of benzene rings is 1. The lowest BCUT2D eigenvalue weighted by atomic mass is 9.72. The quantitative estimate of drug-likeness (QED) is 0.793. The number of carbonyl (C=O) groups is 1. The second-order valence-electron chi connectivity index (χ2n) is 6.73. The number of likely N-dealkylation sites (tertiary alicyclic amines) is 1. The van der Waals surface area contributed by atoms with Gasteiger partial charge in [-0.3, -0.25) is 4.90 Å². The van der Waals surface area contributed by atoms with Crippen LogP contribution in [0.3, 0.4) is 0 Å². The van der Waals surface area contributed by atoms with Gasteiger partial charge in [-0.15, -0.1) is 0 Å². The Morgan fingerprint density at radius 2 is 1.90 bits per heavy atom. The van der Waals surface area contributed by atoms with Crippen LogP contribution >= 0.6 is 0 Å². The van der Waals surface area contributed by atoms with E-state index in [1.54, 1.807) is 0 Å². The van der Waals surface area contributed by atoms with Crippen molar-refractivity contribution in [3.63, 3.8) is 0 Å². The van der Waals surface area contributed by atoms with E-state index in [0.717, 1.165) is 13.0 Å². The van der Waals surface area contributed by atoms with Crippen LogP contribution in [0.4, 0.5) is 0 Å². The summed E-state index contributed by atoms with van der Waals surface area (Å²) < 4.78 is 5.68. The molecular formula is C17H25NO2. The highest BCUT2D eigenvalue weighted by molar-refractivity contribution is 5.84. The summed E-state index contributed by atoms with van der Waals surface area (Å²) in [5, 5.41) is 0. The normalized spacial score (nSPS) is 24.9. The molecule has 1 aromatic carbocycles. The van der Waals surface area contributed by atoms with Gasteiger partial charge in [0.15, 0.2) is 0 Å². The summed E-state index contributed by atoms with van der Waals surface area (Å²) in [6, 6.07) is 10.2. The maximum Gasteiger partial charge on any atom is 0.327 e. The lowest BCUT2D eigenvalue weighted by molar-refractivity contribution is -0.180. The van der Waals surface area contributed by atoms with Crippen molar-refractivity contribution in [1.29, 1.82) is 0 Å². The van der Waals surface area contributed by atoms with Gasteiger partial charge in [-0.05, 0) is 39.8 Å². The molecule has 1 fully saturated rings. The fraction of sp³-hybridized carbons (Fsp3) is 0.588. The van der Waals surface area contributed by atoms with E-state index >= 15 is 0 Å². The topological polar surface area (TPSA) is 29.5 Å². The number of ether oxygens (including phenoxy) is 1. The van der Waals surface area contributed by atoms with Crippen molar-refractivity contribution in [2.24, 2.45) is 0 Å². The minimum atomic E-state index is -0.519. The van der Waals surface area contributed by atoms with Crippen molar-refractivity contribution in [3.05, 3.63) is 35.9 Å². The minimum Gasteiger partial charge on any atom is -0.459 e. The monoisotopic (exact) mass is 275 g/mol. The maximum atomic E-state index is 12.7. The summed E-state index contributed by atoms with van der Waals surface area (Å²) in [5.41, 5.74) is 0.218. The van der Waals surface area contributed by atoms with Gasteiger partial charge in [0, 0.05) is 12.5 Å². The Morgan fingerprint density at radius 1 is 1.30 bits per heavy atom. The van der Waals surface area contributed by atoms with Gasteiger partial charge in [0.2, 0.25) is 0 Å². The first-order valence-corrected chi connectivity index (χ1v) is 7.27. The van der Waals surface area contributed by atoms with Gasteiger partial charge in [-0.2, -0.15) is 0 Å². The number of nitrogens with zero attached hydrogens (tertiary/aromatic N) is 1. The van der Waals surface area contributed by atoms with Crippen LogP contribution in [-0.4, -0.2) is 35.6 Å². The van der Waals surface area contributed by atoms with Crippen LogP contribution in [0.1, 0.15) is 45.6 Å². The number of hydrogen-bond acceptors (Lipinski definition) is 3. The minimum absolute atomic E-state index is 0.102. The fourth-order valence-corrected chi connectivity index (χ4v) is 2.94. The molecule has 0 saturated carbocycles. The van der Waals surface area contributed by atoms with Crippen molar-refractivity contribution in [2.45, 2.75) is 51.2 Å². The Bertz CT molecular complexity index is 478. The molecule has 1 aliphatic rings. The molecule has 1 heterocycles. The number of esters is 1. The number of rotatable bonds is 3. The van der Waals surface area contributed by atoms with Gasteiger partial charge < -0.3 is 4.74 Å². The Kier molecular flexibility index (Phi) is 3.92.